The van der Waals surface area contributed by atoms with Gasteiger partial charge in [-0.3, -0.25) is 0 Å². The lowest BCUT2D eigenvalue weighted by atomic mass is 9.95. The highest BCUT2D eigenvalue weighted by Crippen LogP contribution is 2.28. The predicted molar refractivity (Wildman–Crippen MR) is 70.6 cm³/mol. The normalized spacial score (nSPS) is 14.8. The summed E-state index contributed by atoms with van der Waals surface area (Å²) in [6.07, 6.45) is 5.30. The molecule has 0 N–H and O–H groups in total. The highest BCUT2D eigenvalue weighted by Gasteiger charge is 2.22. The molecule has 0 amide bonds. The number of hydrogen-bond donors (Lipinski definition) is 0. The van der Waals surface area contributed by atoms with Gasteiger partial charge in [-0.15, -0.1) is 0 Å². The number of nitriles is 1. The molecule has 18 heavy (non-hydrogen) atoms. The van der Waals surface area contributed by atoms with Crippen LogP contribution >= 0.6 is 0 Å². The minimum absolute atomic E-state index is 0.276. The Bertz CT molecular complexity index is 486. The van der Waals surface area contributed by atoms with Gasteiger partial charge in [0, 0.05) is 5.69 Å². The first-order valence-electron chi connectivity index (χ1n) is 6.67. The summed E-state index contributed by atoms with van der Waals surface area (Å²) in [7, 11) is 0. The second-order valence-electron chi connectivity index (χ2n) is 5.48. The first kappa shape index (κ1) is 12.9. The van der Waals surface area contributed by atoms with Crippen molar-refractivity contribution in [1.82, 2.24) is 4.98 Å². The fourth-order valence-electron chi connectivity index (χ4n) is 2.11. The van der Waals surface area contributed by atoms with Crippen molar-refractivity contribution in [3.63, 3.8) is 0 Å². The minimum Gasteiger partial charge on any atom is -0.471 e. The second kappa shape index (κ2) is 4.97. The van der Waals surface area contributed by atoms with E-state index in [2.05, 4.69) is 18.0 Å². The van der Waals surface area contributed by atoms with Gasteiger partial charge < -0.3 is 4.74 Å². The molecule has 1 aliphatic rings. The predicted octanol–water partition coefficient (Wildman–Crippen LogP) is 3.40. The molecular formula is C15H20N2O. The zero-order valence-electron chi connectivity index (χ0n) is 11.4. The van der Waals surface area contributed by atoms with Crippen molar-refractivity contribution >= 4 is 0 Å². The molecule has 3 nitrogen and oxygen atoms in total. The van der Waals surface area contributed by atoms with E-state index in [1.165, 1.54) is 18.4 Å². The van der Waals surface area contributed by atoms with Crippen LogP contribution in [0.5, 0.6) is 5.88 Å². The van der Waals surface area contributed by atoms with Gasteiger partial charge in [-0.25, -0.2) is 4.98 Å². The number of ether oxygens (including phenoxy) is 1. The summed E-state index contributed by atoms with van der Waals surface area (Å²) >= 11 is 0. The van der Waals surface area contributed by atoms with Gasteiger partial charge in [0.2, 0.25) is 5.88 Å². The van der Waals surface area contributed by atoms with E-state index in [0.717, 1.165) is 25.0 Å². The zero-order valence-corrected chi connectivity index (χ0v) is 11.4. The molecule has 0 aliphatic heterocycles. The number of aromatic nitrogens is 1. The monoisotopic (exact) mass is 244 g/mol. The van der Waals surface area contributed by atoms with E-state index in [1.807, 2.05) is 19.9 Å². The van der Waals surface area contributed by atoms with Crippen LogP contribution in [-0.2, 0) is 12.8 Å². The van der Waals surface area contributed by atoms with Crippen LogP contribution in [0.1, 0.15) is 56.9 Å². The SMILES string of the molecule is CCC(C)(C)Oc1nc2c(cc1C#N)CCCC2. The van der Waals surface area contributed by atoms with Crippen molar-refractivity contribution in [3.8, 4) is 11.9 Å². The zero-order chi connectivity index (χ0) is 13.2. The first-order valence-corrected chi connectivity index (χ1v) is 6.67. The molecule has 1 aromatic rings. The molecule has 0 atom stereocenters. The molecule has 0 saturated carbocycles. The topological polar surface area (TPSA) is 45.9 Å². The molecular weight excluding hydrogens is 224 g/mol. The Morgan fingerprint density at radius 2 is 2.11 bits per heavy atom. The molecule has 1 aromatic heterocycles. The van der Waals surface area contributed by atoms with Gasteiger partial charge >= 0.3 is 0 Å². The van der Waals surface area contributed by atoms with Crippen molar-refractivity contribution in [2.75, 3.05) is 0 Å². The Labute approximate surface area is 109 Å². The van der Waals surface area contributed by atoms with Crippen LogP contribution in [0, 0.1) is 11.3 Å². The Hall–Kier alpha value is -1.56. The number of nitrogens with zero attached hydrogens (tertiary/aromatic N) is 2. The highest BCUT2D eigenvalue weighted by molar-refractivity contribution is 5.43. The lowest BCUT2D eigenvalue weighted by Gasteiger charge is -2.26. The molecule has 0 unspecified atom stereocenters. The van der Waals surface area contributed by atoms with E-state index in [1.54, 1.807) is 0 Å². The molecule has 0 spiro atoms. The molecule has 0 saturated heterocycles. The van der Waals surface area contributed by atoms with Crippen LogP contribution in [0.25, 0.3) is 0 Å². The summed E-state index contributed by atoms with van der Waals surface area (Å²) in [6, 6.07) is 4.17. The van der Waals surface area contributed by atoms with Gasteiger partial charge in [0.05, 0.1) is 0 Å². The Balaban J connectivity index is 2.37. The van der Waals surface area contributed by atoms with Crippen molar-refractivity contribution in [1.29, 1.82) is 5.26 Å². The van der Waals surface area contributed by atoms with Crippen LogP contribution in [0.2, 0.25) is 0 Å². The summed E-state index contributed by atoms with van der Waals surface area (Å²) < 4.78 is 5.91. The van der Waals surface area contributed by atoms with Crippen LogP contribution in [0.4, 0.5) is 0 Å². The third-order valence-corrected chi connectivity index (χ3v) is 3.61. The van der Waals surface area contributed by atoms with E-state index in [9.17, 15) is 5.26 Å². The maximum absolute atomic E-state index is 9.22. The van der Waals surface area contributed by atoms with Crippen LogP contribution in [-0.4, -0.2) is 10.6 Å². The van der Waals surface area contributed by atoms with Crippen LogP contribution in [0.15, 0.2) is 6.07 Å². The van der Waals surface area contributed by atoms with E-state index in [0.29, 0.717) is 11.4 Å². The average molecular weight is 244 g/mol. The molecule has 2 rings (SSSR count). The van der Waals surface area contributed by atoms with Gasteiger partial charge in [0.1, 0.15) is 17.2 Å². The summed E-state index contributed by atoms with van der Waals surface area (Å²) in [5, 5.41) is 9.22. The Morgan fingerprint density at radius 3 is 2.78 bits per heavy atom. The van der Waals surface area contributed by atoms with E-state index in [4.69, 9.17) is 4.74 Å². The molecule has 1 aliphatic carbocycles. The number of pyridine rings is 1. The molecule has 0 radical (unpaired) electrons. The van der Waals surface area contributed by atoms with Gasteiger partial charge in [0.25, 0.3) is 0 Å². The second-order valence-corrected chi connectivity index (χ2v) is 5.48. The summed E-state index contributed by atoms with van der Waals surface area (Å²) in [5.74, 6) is 0.505. The third-order valence-electron chi connectivity index (χ3n) is 3.61. The number of hydrogen-bond acceptors (Lipinski definition) is 3. The van der Waals surface area contributed by atoms with Gasteiger partial charge in [-0.1, -0.05) is 6.92 Å². The Morgan fingerprint density at radius 1 is 1.39 bits per heavy atom. The quantitative estimate of drug-likeness (QED) is 0.818. The number of rotatable bonds is 3. The minimum atomic E-state index is -0.276. The fraction of sp³-hybridized carbons (Fsp3) is 0.600. The van der Waals surface area contributed by atoms with E-state index >= 15 is 0 Å². The van der Waals surface area contributed by atoms with Crippen molar-refractivity contribution in [2.24, 2.45) is 0 Å². The molecule has 0 bridgehead atoms. The largest absolute Gasteiger partial charge is 0.471 e. The maximum Gasteiger partial charge on any atom is 0.232 e. The number of aryl methyl sites for hydroxylation is 2. The van der Waals surface area contributed by atoms with Crippen molar-refractivity contribution in [3.05, 3.63) is 22.9 Å². The molecule has 1 heterocycles. The third kappa shape index (κ3) is 2.64. The van der Waals surface area contributed by atoms with Gasteiger partial charge in [-0.2, -0.15) is 5.26 Å². The highest BCUT2D eigenvalue weighted by atomic mass is 16.5. The molecule has 0 fully saturated rings. The smallest absolute Gasteiger partial charge is 0.232 e. The summed E-state index contributed by atoms with van der Waals surface area (Å²) in [6.45, 7) is 6.12. The van der Waals surface area contributed by atoms with E-state index in [-0.39, 0.29) is 5.60 Å². The molecule has 0 aromatic carbocycles. The summed E-state index contributed by atoms with van der Waals surface area (Å²) in [4.78, 5) is 4.57. The summed E-state index contributed by atoms with van der Waals surface area (Å²) in [5.41, 5.74) is 2.63. The standard InChI is InChI=1S/C15H20N2O/c1-4-15(2,3)18-14-12(10-16)9-11-7-5-6-8-13(11)17-14/h9H,4-8H2,1-3H3. The van der Waals surface area contributed by atoms with Gasteiger partial charge in [-0.05, 0) is 57.6 Å². The lowest BCUT2D eigenvalue weighted by molar-refractivity contribution is 0.0982. The van der Waals surface area contributed by atoms with Gasteiger partial charge in [0.15, 0.2) is 0 Å². The van der Waals surface area contributed by atoms with E-state index < -0.39 is 0 Å². The number of fused-ring (bicyclic) bond motifs is 1. The average Bonchev–Trinajstić information content (AvgIpc) is 2.37. The molecule has 3 heteroatoms. The Kier molecular flexibility index (Phi) is 3.56. The van der Waals surface area contributed by atoms with Crippen molar-refractivity contribution in [2.45, 2.75) is 58.5 Å². The lowest BCUT2D eigenvalue weighted by Crippen LogP contribution is -2.28. The van der Waals surface area contributed by atoms with Crippen LogP contribution < -0.4 is 4.74 Å². The first-order chi connectivity index (χ1) is 8.55. The fourth-order valence-corrected chi connectivity index (χ4v) is 2.11. The maximum atomic E-state index is 9.22. The molecule has 96 valence electrons. The van der Waals surface area contributed by atoms with Crippen molar-refractivity contribution < 1.29 is 4.74 Å². The van der Waals surface area contributed by atoms with Crippen LogP contribution in [0.3, 0.4) is 0 Å².